The summed E-state index contributed by atoms with van der Waals surface area (Å²) in [5, 5.41) is 2.87. The van der Waals surface area contributed by atoms with Gasteiger partial charge in [-0.1, -0.05) is 60.2 Å². The summed E-state index contributed by atoms with van der Waals surface area (Å²) in [5.41, 5.74) is 2.76. The number of benzene rings is 4. The summed E-state index contributed by atoms with van der Waals surface area (Å²) in [5.74, 6) is 0.252. The van der Waals surface area contributed by atoms with Crippen LogP contribution in [-0.2, 0) is 32.6 Å². The van der Waals surface area contributed by atoms with Crippen molar-refractivity contribution in [3.8, 4) is 11.5 Å². The number of hydrogen-bond donors (Lipinski definition) is 1. The van der Waals surface area contributed by atoms with Crippen LogP contribution >= 0.6 is 0 Å². The molecule has 4 aromatic rings. The molecule has 1 N–H and O–H groups in total. The predicted octanol–water partition coefficient (Wildman–Crippen LogP) is 4.98. The van der Waals surface area contributed by atoms with E-state index >= 15 is 0 Å². The quantitative estimate of drug-likeness (QED) is 0.211. The van der Waals surface area contributed by atoms with Crippen molar-refractivity contribution in [3.05, 3.63) is 120 Å². The van der Waals surface area contributed by atoms with Gasteiger partial charge in [0, 0.05) is 19.5 Å². The highest BCUT2D eigenvalue weighted by Gasteiger charge is 2.34. The summed E-state index contributed by atoms with van der Waals surface area (Å²) >= 11 is 0. The van der Waals surface area contributed by atoms with Crippen LogP contribution < -0.4 is 19.1 Å². The van der Waals surface area contributed by atoms with Crippen molar-refractivity contribution in [1.82, 2.24) is 10.2 Å². The fraction of sp³-hybridized carbons (Fsp3) is 0.257. The molecule has 0 spiro atoms. The largest absolute Gasteiger partial charge is 0.497 e. The molecule has 0 saturated carbocycles. The first-order chi connectivity index (χ1) is 21.7. The van der Waals surface area contributed by atoms with Crippen LogP contribution in [0, 0.1) is 6.92 Å². The molecule has 0 aromatic heterocycles. The minimum Gasteiger partial charge on any atom is -0.497 e. The van der Waals surface area contributed by atoms with Gasteiger partial charge in [0.1, 0.15) is 24.1 Å². The summed E-state index contributed by atoms with van der Waals surface area (Å²) in [7, 11) is -1.12. The van der Waals surface area contributed by atoms with Gasteiger partial charge in [-0.15, -0.1) is 0 Å². The number of likely N-dealkylation sites (N-methyl/N-ethyl adjacent to an activating group) is 1. The Morgan fingerprint density at radius 2 is 1.44 bits per heavy atom. The zero-order valence-electron chi connectivity index (χ0n) is 26.0. The molecule has 0 aliphatic heterocycles. The highest BCUT2D eigenvalue weighted by molar-refractivity contribution is 7.92. The monoisotopic (exact) mass is 629 g/mol. The Bertz CT molecular complexity index is 1680. The van der Waals surface area contributed by atoms with E-state index in [-0.39, 0.29) is 29.5 Å². The summed E-state index contributed by atoms with van der Waals surface area (Å²) in [6, 6.07) is 28.6. The molecule has 0 saturated heterocycles. The first-order valence-corrected chi connectivity index (χ1v) is 16.1. The molecule has 10 heteroatoms. The second kappa shape index (κ2) is 15.3. The molecule has 0 bridgehead atoms. The van der Waals surface area contributed by atoms with Gasteiger partial charge in [-0.3, -0.25) is 13.9 Å². The number of hydrogen-bond acceptors (Lipinski definition) is 6. The van der Waals surface area contributed by atoms with Gasteiger partial charge in [-0.05, 0) is 73.5 Å². The van der Waals surface area contributed by atoms with Gasteiger partial charge in [0.15, 0.2) is 0 Å². The zero-order valence-corrected chi connectivity index (χ0v) is 26.8. The van der Waals surface area contributed by atoms with Crippen molar-refractivity contribution < 1.29 is 27.5 Å². The topological polar surface area (TPSA) is 105 Å². The molecule has 0 heterocycles. The highest BCUT2D eigenvalue weighted by atomic mass is 32.2. The smallest absolute Gasteiger partial charge is 0.264 e. The number of methoxy groups -OCH3 is 2. The summed E-state index contributed by atoms with van der Waals surface area (Å²) in [6.45, 7) is 3.55. The van der Waals surface area contributed by atoms with Gasteiger partial charge in [-0.25, -0.2) is 8.42 Å². The fourth-order valence-electron chi connectivity index (χ4n) is 4.93. The van der Waals surface area contributed by atoms with Crippen molar-refractivity contribution in [3.63, 3.8) is 0 Å². The first-order valence-electron chi connectivity index (χ1n) is 14.6. The van der Waals surface area contributed by atoms with Crippen LogP contribution in [0.2, 0.25) is 0 Å². The molecular weight excluding hydrogens is 590 g/mol. The molecule has 45 heavy (non-hydrogen) atoms. The molecule has 2 amide bonds. The lowest BCUT2D eigenvalue weighted by Gasteiger charge is -2.34. The van der Waals surface area contributed by atoms with Crippen molar-refractivity contribution in [2.45, 2.75) is 37.8 Å². The molecule has 4 aromatic carbocycles. The van der Waals surface area contributed by atoms with E-state index in [1.807, 2.05) is 50.2 Å². The van der Waals surface area contributed by atoms with E-state index in [9.17, 15) is 18.0 Å². The first kappa shape index (κ1) is 33.1. The Kier molecular flexibility index (Phi) is 11.2. The van der Waals surface area contributed by atoms with Crippen LogP contribution in [0.15, 0.2) is 108 Å². The number of nitrogens with one attached hydrogen (secondary N) is 1. The zero-order chi connectivity index (χ0) is 32.4. The van der Waals surface area contributed by atoms with E-state index in [0.717, 1.165) is 21.0 Å². The van der Waals surface area contributed by atoms with E-state index in [0.29, 0.717) is 18.0 Å². The molecule has 4 rings (SSSR count). The molecular formula is C35H39N3O6S. The number of carbonyl (C=O) groups excluding carboxylic acids is 2. The van der Waals surface area contributed by atoms with E-state index in [1.165, 1.54) is 24.1 Å². The van der Waals surface area contributed by atoms with Crippen LogP contribution in [0.4, 0.5) is 5.69 Å². The third kappa shape index (κ3) is 8.42. The second-order valence-corrected chi connectivity index (χ2v) is 12.4. The van der Waals surface area contributed by atoms with Gasteiger partial charge in [0.05, 0.1) is 24.8 Å². The lowest BCUT2D eigenvalue weighted by Crippen LogP contribution is -2.53. The molecule has 1 unspecified atom stereocenters. The normalized spacial score (nSPS) is 11.7. The number of rotatable bonds is 14. The number of nitrogens with zero attached hydrogens (tertiary/aromatic N) is 2. The van der Waals surface area contributed by atoms with Crippen molar-refractivity contribution >= 4 is 27.5 Å². The van der Waals surface area contributed by atoms with Gasteiger partial charge in [0.2, 0.25) is 11.8 Å². The number of aryl methyl sites for hydroxylation is 1. The number of amides is 2. The lowest BCUT2D eigenvalue weighted by molar-refractivity contribution is -0.140. The molecule has 9 nitrogen and oxygen atoms in total. The van der Waals surface area contributed by atoms with E-state index in [2.05, 4.69) is 5.32 Å². The minimum atomic E-state index is -4.19. The Labute approximate surface area is 265 Å². The number of ether oxygens (including phenoxy) is 2. The number of sulfonamides is 1. The maximum atomic E-state index is 14.5. The average molecular weight is 630 g/mol. The lowest BCUT2D eigenvalue weighted by atomic mass is 10.0. The summed E-state index contributed by atoms with van der Waals surface area (Å²) in [6.07, 6.45) is 0.232. The summed E-state index contributed by atoms with van der Waals surface area (Å²) in [4.78, 5) is 29.6. The third-order valence-electron chi connectivity index (χ3n) is 7.36. The fourth-order valence-corrected chi connectivity index (χ4v) is 6.34. The third-order valence-corrected chi connectivity index (χ3v) is 9.15. The van der Waals surface area contributed by atoms with E-state index in [1.54, 1.807) is 61.7 Å². The summed E-state index contributed by atoms with van der Waals surface area (Å²) < 4.78 is 40.0. The highest BCUT2D eigenvalue weighted by Crippen LogP contribution is 2.27. The Hall–Kier alpha value is -4.83. The second-order valence-electron chi connectivity index (χ2n) is 10.5. The SMILES string of the molecule is CCNC(=O)C(Cc1ccccc1)N(Cc1cccc(OC)c1)C(=O)CN(c1ccc(OC)cc1)S(=O)(=O)c1ccc(C)cc1. The maximum absolute atomic E-state index is 14.5. The van der Waals surface area contributed by atoms with Crippen LogP contribution in [0.3, 0.4) is 0 Å². The number of carbonyl (C=O) groups is 2. The number of anilines is 1. The average Bonchev–Trinajstić information content (AvgIpc) is 3.06. The molecule has 0 aliphatic rings. The molecule has 0 radical (unpaired) electrons. The molecule has 1 atom stereocenters. The van der Waals surface area contributed by atoms with Crippen LogP contribution in [-0.4, -0.2) is 58.5 Å². The van der Waals surface area contributed by atoms with Crippen molar-refractivity contribution in [1.29, 1.82) is 0 Å². The standard InChI is InChI=1S/C35H39N3O6S/c1-5-36-35(40)33(23-27-10-7-6-8-11-27)37(24-28-12-9-13-31(22-28)44-4)34(39)25-38(29-16-18-30(43-3)19-17-29)45(41,42)32-20-14-26(2)15-21-32/h6-22,33H,5,23-25H2,1-4H3,(H,36,40). The van der Waals surface area contributed by atoms with Gasteiger partial charge >= 0.3 is 0 Å². The van der Waals surface area contributed by atoms with E-state index < -0.39 is 28.5 Å². The molecule has 236 valence electrons. The van der Waals surface area contributed by atoms with Crippen LogP contribution in [0.1, 0.15) is 23.6 Å². The Morgan fingerprint density at radius 1 is 0.800 bits per heavy atom. The van der Waals surface area contributed by atoms with Crippen molar-refractivity contribution in [2.24, 2.45) is 0 Å². The van der Waals surface area contributed by atoms with Crippen LogP contribution in [0.5, 0.6) is 11.5 Å². The Morgan fingerprint density at radius 3 is 2.07 bits per heavy atom. The Balaban J connectivity index is 1.80. The van der Waals surface area contributed by atoms with Gasteiger partial charge in [0.25, 0.3) is 10.0 Å². The molecule has 0 fully saturated rings. The van der Waals surface area contributed by atoms with Crippen molar-refractivity contribution in [2.75, 3.05) is 31.6 Å². The molecule has 0 aliphatic carbocycles. The predicted molar refractivity (Wildman–Crippen MR) is 175 cm³/mol. The minimum absolute atomic E-state index is 0.0422. The maximum Gasteiger partial charge on any atom is 0.264 e. The van der Waals surface area contributed by atoms with Crippen LogP contribution in [0.25, 0.3) is 0 Å². The van der Waals surface area contributed by atoms with E-state index in [4.69, 9.17) is 9.47 Å². The van der Waals surface area contributed by atoms with Gasteiger partial charge in [-0.2, -0.15) is 0 Å². The van der Waals surface area contributed by atoms with Gasteiger partial charge < -0.3 is 19.7 Å².